The maximum Gasteiger partial charge on any atom is 0.344 e. The average Bonchev–Trinajstić information content (AvgIpc) is 3.35. The van der Waals surface area contributed by atoms with Crippen molar-refractivity contribution in [3.05, 3.63) is 63.1 Å². The number of nitrogens with zero attached hydrogens (tertiary/aromatic N) is 5. The maximum atomic E-state index is 13.3. The van der Waals surface area contributed by atoms with Crippen LogP contribution in [0.25, 0.3) is 11.2 Å². The van der Waals surface area contributed by atoms with Crippen molar-refractivity contribution in [2.24, 2.45) is 0 Å². The monoisotopic (exact) mass is 467 g/mol. The second-order valence-corrected chi connectivity index (χ2v) is 8.24. The number of imide groups is 1. The number of aromatic nitrogens is 4. The highest BCUT2D eigenvalue weighted by molar-refractivity contribution is 6.07. The van der Waals surface area contributed by atoms with Crippen LogP contribution in [0.2, 0.25) is 0 Å². The van der Waals surface area contributed by atoms with Crippen molar-refractivity contribution in [2.75, 3.05) is 0 Å². The minimum Gasteiger partial charge on any atom is -0.325 e. The number of fused-ring (bicyclic) bond motifs is 1. The maximum absolute atomic E-state index is 13.3. The molecule has 4 rings (SSSR count). The Labute approximate surface area is 193 Å². The topological polar surface area (TPSA) is 140 Å². The zero-order valence-corrected chi connectivity index (χ0v) is 19.1. The highest BCUT2D eigenvalue weighted by atomic mass is 16.2. The molecule has 0 spiro atoms. The molecule has 1 atom stereocenters. The van der Waals surface area contributed by atoms with E-state index in [1.165, 1.54) is 10.9 Å². The summed E-state index contributed by atoms with van der Waals surface area (Å²) in [6.07, 6.45) is 1.79. The summed E-state index contributed by atoms with van der Waals surface area (Å²) in [6.45, 7) is 4.99. The molecular formula is C22H25N7O5. The first-order valence-electron chi connectivity index (χ1n) is 10.9. The lowest BCUT2D eigenvalue weighted by Gasteiger charge is -2.19. The van der Waals surface area contributed by atoms with Gasteiger partial charge in [-0.15, -0.1) is 0 Å². The number of urea groups is 1. The summed E-state index contributed by atoms with van der Waals surface area (Å²) in [5, 5.41) is 3.10. The van der Waals surface area contributed by atoms with Crippen LogP contribution >= 0.6 is 0 Å². The lowest BCUT2D eigenvalue weighted by Crippen LogP contribution is -2.51. The number of nitrogens with one attached hydrogen (secondary N) is 2. The average molecular weight is 467 g/mol. The normalized spacial score (nSPS) is 17.9. The molecule has 3 aromatic rings. The molecule has 12 nitrogen and oxygen atoms in total. The molecule has 0 aliphatic carbocycles. The molecule has 0 radical (unpaired) electrons. The summed E-state index contributed by atoms with van der Waals surface area (Å²) in [6, 6.07) is 8.38. The standard InChI is InChI=1S/C22H25N7O5/c1-4-22(3)19(32)29(20(33)24-22)25-15(30)12-28-18(31)16-17(23-13-26(16)5-2)27(21(28)34)11-14-9-7-6-8-10-14/h6-10,13H,4-5,11-12H2,1-3H3,(H,24,33)(H,25,30)/t22-/m1/s1. The minimum absolute atomic E-state index is 0.140. The zero-order valence-electron chi connectivity index (χ0n) is 19.1. The molecule has 12 heteroatoms. The smallest absolute Gasteiger partial charge is 0.325 e. The van der Waals surface area contributed by atoms with Gasteiger partial charge in [0.1, 0.15) is 12.1 Å². The first-order chi connectivity index (χ1) is 16.2. The summed E-state index contributed by atoms with van der Waals surface area (Å²) in [4.78, 5) is 68.2. The fourth-order valence-electron chi connectivity index (χ4n) is 3.86. The number of hydrazine groups is 1. The number of aryl methyl sites for hydroxylation is 1. The summed E-state index contributed by atoms with van der Waals surface area (Å²) in [5.74, 6) is -1.49. The number of carbonyl (C=O) groups excluding carboxylic acids is 3. The van der Waals surface area contributed by atoms with E-state index in [-0.39, 0.29) is 17.7 Å². The Balaban J connectivity index is 1.72. The Kier molecular flexibility index (Phi) is 5.82. The number of amides is 4. The molecule has 3 heterocycles. The third kappa shape index (κ3) is 3.76. The van der Waals surface area contributed by atoms with Gasteiger partial charge in [-0.3, -0.25) is 24.4 Å². The Bertz CT molecular complexity index is 1400. The molecule has 0 unspecified atom stereocenters. The molecule has 1 saturated heterocycles. The van der Waals surface area contributed by atoms with Crippen molar-refractivity contribution in [1.82, 2.24) is 34.4 Å². The van der Waals surface area contributed by atoms with Gasteiger partial charge in [0.25, 0.3) is 17.4 Å². The molecule has 34 heavy (non-hydrogen) atoms. The summed E-state index contributed by atoms with van der Waals surface area (Å²) < 4.78 is 3.70. The fourth-order valence-corrected chi connectivity index (χ4v) is 3.86. The predicted octanol–water partition coefficient (Wildman–Crippen LogP) is 0.180. The van der Waals surface area contributed by atoms with Crippen LogP contribution in [0, 0.1) is 0 Å². The van der Waals surface area contributed by atoms with Gasteiger partial charge in [0.2, 0.25) is 0 Å². The van der Waals surface area contributed by atoms with Crippen LogP contribution in [0.1, 0.15) is 32.8 Å². The quantitative estimate of drug-likeness (QED) is 0.475. The zero-order chi connectivity index (χ0) is 24.6. The third-order valence-electron chi connectivity index (χ3n) is 6.01. The van der Waals surface area contributed by atoms with E-state index in [1.54, 1.807) is 18.4 Å². The van der Waals surface area contributed by atoms with Crippen molar-refractivity contribution in [2.45, 2.75) is 52.4 Å². The van der Waals surface area contributed by atoms with E-state index in [0.29, 0.717) is 18.0 Å². The lowest BCUT2D eigenvalue weighted by atomic mass is 10.00. The van der Waals surface area contributed by atoms with E-state index in [9.17, 15) is 24.0 Å². The Morgan fingerprint density at radius 3 is 2.41 bits per heavy atom. The molecule has 2 aromatic heterocycles. The highest BCUT2D eigenvalue weighted by Crippen LogP contribution is 2.19. The third-order valence-corrected chi connectivity index (χ3v) is 6.01. The molecular weight excluding hydrogens is 442 g/mol. The number of imidazole rings is 1. The van der Waals surface area contributed by atoms with E-state index in [4.69, 9.17) is 0 Å². The number of rotatable bonds is 7. The molecule has 1 aliphatic heterocycles. The van der Waals surface area contributed by atoms with Crippen LogP contribution in [-0.4, -0.2) is 47.1 Å². The number of hydrogen-bond acceptors (Lipinski definition) is 6. The molecule has 0 saturated carbocycles. The molecule has 2 N–H and O–H groups in total. The van der Waals surface area contributed by atoms with Crippen LogP contribution in [0.3, 0.4) is 0 Å². The van der Waals surface area contributed by atoms with E-state index < -0.39 is 41.2 Å². The Hall–Kier alpha value is -4.22. The van der Waals surface area contributed by atoms with Crippen molar-refractivity contribution in [3.63, 3.8) is 0 Å². The molecule has 1 fully saturated rings. The van der Waals surface area contributed by atoms with Gasteiger partial charge in [-0.1, -0.05) is 37.3 Å². The number of benzene rings is 1. The van der Waals surface area contributed by atoms with Gasteiger partial charge in [0, 0.05) is 6.54 Å². The first kappa shape index (κ1) is 23.0. The van der Waals surface area contributed by atoms with Gasteiger partial charge in [-0.2, -0.15) is 5.01 Å². The van der Waals surface area contributed by atoms with Gasteiger partial charge in [-0.25, -0.2) is 19.1 Å². The first-order valence-corrected chi connectivity index (χ1v) is 10.9. The van der Waals surface area contributed by atoms with Crippen molar-refractivity contribution < 1.29 is 14.4 Å². The summed E-state index contributed by atoms with van der Waals surface area (Å²) >= 11 is 0. The second kappa shape index (κ2) is 8.61. The van der Waals surface area contributed by atoms with Crippen molar-refractivity contribution in [3.8, 4) is 0 Å². The van der Waals surface area contributed by atoms with Gasteiger partial charge in [0.15, 0.2) is 11.2 Å². The van der Waals surface area contributed by atoms with Gasteiger partial charge in [-0.05, 0) is 25.8 Å². The van der Waals surface area contributed by atoms with Crippen LogP contribution < -0.4 is 22.0 Å². The van der Waals surface area contributed by atoms with Gasteiger partial charge in [0.05, 0.1) is 12.9 Å². The minimum atomic E-state index is -1.14. The van der Waals surface area contributed by atoms with E-state index >= 15 is 0 Å². The Morgan fingerprint density at radius 1 is 1.09 bits per heavy atom. The Morgan fingerprint density at radius 2 is 1.79 bits per heavy atom. The molecule has 4 amide bonds. The van der Waals surface area contributed by atoms with E-state index in [1.807, 2.05) is 37.3 Å². The second-order valence-electron chi connectivity index (χ2n) is 8.24. The van der Waals surface area contributed by atoms with Crippen molar-refractivity contribution >= 4 is 29.0 Å². The van der Waals surface area contributed by atoms with Crippen molar-refractivity contribution in [1.29, 1.82) is 0 Å². The van der Waals surface area contributed by atoms with Gasteiger partial charge < -0.3 is 9.88 Å². The predicted molar refractivity (Wildman–Crippen MR) is 122 cm³/mol. The van der Waals surface area contributed by atoms with E-state index in [0.717, 1.165) is 10.1 Å². The van der Waals surface area contributed by atoms with Gasteiger partial charge >= 0.3 is 11.7 Å². The van der Waals surface area contributed by atoms with Crippen LogP contribution in [0.15, 0.2) is 46.2 Å². The van der Waals surface area contributed by atoms with E-state index in [2.05, 4.69) is 15.7 Å². The molecule has 0 bridgehead atoms. The molecule has 178 valence electrons. The molecule has 1 aromatic carbocycles. The number of carbonyl (C=O) groups is 3. The van der Waals surface area contributed by atoms with Crippen LogP contribution in [-0.2, 0) is 29.2 Å². The van der Waals surface area contributed by atoms with Crippen LogP contribution in [0.4, 0.5) is 4.79 Å². The lowest BCUT2D eigenvalue weighted by molar-refractivity contribution is -0.139. The fraction of sp³-hybridized carbons (Fsp3) is 0.364. The number of hydrogen-bond donors (Lipinski definition) is 2. The SMILES string of the molecule is CCn1cnc2c1c(=O)n(CC(=O)NN1C(=O)N[C@](C)(CC)C1=O)c(=O)n2Cc1ccccc1. The summed E-state index contributed by atoms with van der Waals surface area (Å²) in [5.41, 5.74) is 0.859. The van der Waals surface area contributed by atoms with Crippen LogP contribution in [0.5, 0.6) is 0 Å². The highest BCUT2D eigenvalue weighted by Gasteiger charge is 2.47. The summed E-state index contributed by atoms with van der Waals surface area (Å²) in [7, 11) is 0. The molecule has 1 aliphatic rings. The largest absolute Gasteiger partial charge is 0.344 e.